The van der Waals surface area contributed by atoms with Gasteiger partial charge in [0.05, 0.1) is 8.07 Å². The molecule has 0 saturated carbocycles. The lowest BCUT2D eigenvalue weighted by Gasteiger charge is -2.40. The number of unbranched alkanes of at least 4 members (excludes halogenated alkanes) is 2. The van der Waals surface area contributed by atoms with Crippen molar-refractivity contribution < 1.29 is 0 Å². The van der Waals surface area contributed by atoms with Crippen LogP contribution in [0.1, 0.15) is 136 Å². The normalized spacial score (nSPS) is 17.2. The fourth-order valence-corrected chi connectivity index (χ4v) is 13.5. The summed E-state index contributed by atoms with van der Waals surface area (Å²) in [6.07, 6.45) is 12.7. The van der Waals surface area contributed by atoms with Crippen molar-refractivity contribution in [2.45, 2.75) is 116 Å². The summed E-state index contributed by atoms with van der Waals surface area (Å²) in [7, 11) is -2.00. The van der Waals surface area contributed by atoms with Crippen molar-refractivity contribution >= 4 is 20.2 Å². The Morgan fingerprint density at radius 3 is 1.26 bits per heavy atom. The van der Waals surface area contributed by atoms with Crippen LogP contribution < -0.4 is 0 Å². The number of hydrogen-bond acceptors (Lipinski definition) is 0. The molecule has 47 heavy (non-hydrogen) atoms. The van der Waals surface area contributed by atoms with Crippen molar-refractivity contribution in [3.63, 3.8) is 0 Å². The molecule has 2 unspecified atom stereocenters. The van der Waals surface area contributed by atoms with Crippen molar-refractivity contribution in [1.29, 1.82) is 0 Å². The van der Waals surface area contributed by atoms with E-state index in [-0.39, 0.29) is 0 Å². The van der Waals surface area contributed by atoms with Crippen molar-refractivity contribution in [2.24, 2.45) is 0 Å². The Labute approximate surface area is 287 Å². The van der Waals surface area contributed by atoms with Gasteiger partial charge in [0.15, 0.2) is 0 Å². The molecule has 0 aliphatic heterocycles. The summed E-state index contributed by atoms with van der Waals surface area (Å²) in [5.41, 5.74) is 18.9. The van der Waals surface area contributed by atoms with Crippen LogP contribution in [0.5, 0.6) is 0 Å². The van der Waals surface area contributed by atoms with Crippen LogP contribution in [-0.4, -0.2) is 8.07 Å². The first-order valence-electron chi connectivity index (χ1n) is 18.5. The Morgan fingerprint density at radius 1 is 0.532 bits per heavy atom. The van der Waals surface area contributed by atoms with E-state index in [1.165, 1.54) is 83.0 Å². The highest BCUT2D eigenvalue weighted by molar-refractivity contribution is 6.81. The van der Waals surface area contributed by atoms with E-state index in [9.17, 15) is 0 Å². The highest BCUT2D eigenvalue weighted by atomic mass is 28.3. The van der Waals surface area contributed by atoms with E-state index in [1.54, 1.807) is 22.3 Å². The standard InChI is InChI=1S/C46H56Si/c1-9-11-15-37-29-43-39(35-25-21-33(22-26-35)31(3)4)17-13-19-41(43)45(37)47(7,8)46-38(16-12-10-2)30-44-40(18-14-20-42(44)46)36-27-23-34(24-28-36)32(5)6/h13-14,17-32,45-46H,9-12,15-16H2,1-8H3. The molecular weight excluding hydrogens is 581 g/mol. The minimum absolute atomic E-state index is 0.522. The maximum Gasteiger partial charge on any atom is 0.0722 e. The SMILES string of the molecule is CCCCC1=Cc2c(-c3ccc(C(C)C)cc3)cccc2C1[Si](C)(C)C1C(CCCC)=Cc2c(-c3ccc(C(C)C)cc3)cccc21. The Bertz CT molecular complexity index is 1630. The maximum absolute atomic E-state index is 2.72. The molecule has 0 amide bonds. The van der Waals surface area contributed by atoms with Gasteiger partial charge >= 0.3 is 0 Å². The molecule has 0 heterocycles. The van der Waals surface area contributed by atoms with Crippen LogP contribution >= 0.6 is 0 Å². The first kappa shape index (κ1) is 33.5. The highest BCUT2D eigenvalue weighted by Crippen LogP contribution is 2.56. The third kappa shape index (κ3) is 6.41. The summed E-state index contributed by atoms with van der Waals surface area (Å²) in [5, 5.41) is 0. The predicted octanol–water partition coefficient (Wildman–Crippen LogP) is 14.1. The summed E-state index contributed by atoms with van der Waals surface area (Å²) < 4.78 is 0. The molecule has 2 atom stereocenters. The molecule has 0 N–H and O–H groups in total. The van der Waals surface area contributed by atoms with Crippen LogP contribution in [0.3, 0.4) is 0 Å². The summed E-state index contributed by atoms with van der Waals surface area (Å²) >= 11 is 0. The smallest absolute Gasteiger partial charge is 0.0679 e. The number of fused-ring (bicyclic) bond motifs is 2. The summed E-state index contributed by atoms with van der Waals surface area (Å²) in [6, 6.07) is 33.1. The fourth-order valence-electron chi connectivity index (χ4n) is 8.65. The lowest BCUT2D eigenvalue weighted by atomic mass is 9.94. The summed E-state index contributed by atoms with van der Waals surface area (Å²) in [4.78, 5) is 0. The average molecular weight is 637 g/mol. The molecule has 0 radical (unpaired) electrons. The molecule has 4 aromatic carbocycles. The molecule has 1 heteroatoms. The maximum atomic E-state index is 2.72. The van der Waals surface area contributed by atoms with Gasteiger partial charge in [0, 0.05) is 11.1 Å². The molecule has 0 bridgehead atoms. The number of benzene rings is 4. The van der Waals surface area contributed by atoms with Crippen LogP contribution in [-0.2, 0) is 0 Å². The zero-order valence-corrected chi connectivity index (χ0v) is 31.3. The van der Waals surface area contributed by atoms with E-state index in [0.717, 1.165) is 0 Å². The molecular formula is C46H56Si. The van der Waals surface area contributed by atoms with Crippen LogP contribution in [0, 0.1) is 0 Å². The van der Waals surface area contributed by atoms with Gasteiger partial charge < -0.3 is 0 Å². The van der Waals surface area contributed by atoms with Gasteiger partial charge in [-0.05, 0) is 93.2 Å². The molecule has 2 aliphatic rings. The van der Waals surface area contributed by atoms with Gasteiger partial charge in [-0.3, -0.25) is 0 Å². The highest BCUT2D eigenvalue weighted by Gasteiger charge is 2.48. The first-order chi connectivity index (χ1) is 22.6. The predicted molar refractivity (Wildman–Crippen MR) is 210 cm³/mol. The van der Waals surface area contributed by atoms with Crippen LogP contribution in [0.4, 0.5) is 0 Å². The van der Waals surface area contributed by atoms with Gasteiger partial charge in [0.2, 0.25) is 0 Å². The van der Waals surface area contributed by atoms with Crippen molar-refractivity contribution in [3.8, 4) is 22.3 Å². The fraction of sp³-hybridized carbons (Fsp3) is 0.391. The first-order valence-corrected chi connectivity index (χ1v) is 21.7. The number of hydrogen-bond donors (Lipinski definition) is 0. The topological polar surface area (TPSA) is 0 Å². The van der Waals surface area contributed by atoms with Gasteiger partial charge in [-0.1, -0.05) is 176 Å². The lowest BCUT2D eigenvalue weighted by Crippen LogP contribution is -2.43. The van der Waals surface area contributed by atoms with E-state index < -0.39 is 8.07 Å². The van der Waals surface area contributed by atoms with E-state index in [1.807, 2.05) is 0 Å². The molecule has 2 aliphatic carbocycles. The van der Waals surface area contributed by atoms with E-state index in [4.69, 9.17) is 0 Å². The Hall–Kier alpha value is -3.42. The van der Waals surface area contributed by atoms with Gasteiger partial charge in [0.25, 0.3) is 0 Å². The third-order valence-electron chi connectivity index (χ3n) is 11.2. The van der Waals surface area contributed by atoms with Gasteiger partial charge in [0.1, 0.15) is 0 Å². The largest absolute Gasteiger partial charge is 0.0722 e. The quantitative estimate of drug-likeness (QED) is 0.136. The van der Waals surface area contributed by atoms with Gasteiger partial charge in [-0.25, -0.2) is 0 Å². The second-order valence-corrected chi connectivity index (χ2v) is 20.3. The number of rotatable bonds is 12. The van der Waals surface area contributed by atoms with Gasteiger partial charge in [-0.2, -0.15) is 0 Å². The minimum atomic E-state index is -2.00. The summed E-state index contributed by atoms with van der Waals surface area (Å²) in [5.74, 6) is 1.10. The number of allylic oxidation sites excluding steroid dienone is 2. The molecule has 244 valence electrons. The van der Waals surface area contributed by atoms with Crippen molar-refractivity contribution in [1.82, 2.24) is 0 Å². The van der Waals surface area contributed by atoms with Crippen LogP contribution in [0.15, 0.2) is 96.1 Å². The molecule has 4 aromatic rings. The zero-order valence-electron chi connectivity index (χ0n) is 30.3. The Morgan fingerprint density at radius 2 is 0.915 bits per heavy atom. The molecule has 0 aromatic heterocycles. The molecule has 0 nitrogen and oxygen atoms in total. The Balaban J connectivity index is 1.46. The average Bonchev–Trinajstić information content (AvgIpc) is 3.65. The third-order valence-corrected chi connectivity index (χ3v) is 15.5. The van der Waals surface area contributed by atoms with E-state index in [2.05, 4.69) is 152 Å². The molecule has 6 rings (SSSR count). The van der Waals surface area contributed by atoms with Crippen LogP contribution in [0.25, 0.3) is 34.4 Å². The minimum Gasteiger partial charge on any atom is -0.0679 e. The second-order valence-electron chi connectivity index (χ2n) is 15.5. The molecule has 0 fully saturated rings. The Kier molecular flexibility index (Phi) is 9.95. The van der Waals surface area contributed by atoms with Gasteiger partial charge in [-0.15, -0.1) is 0 Å². The molecule has 0 saturated heterocycles. The molecule has 0 spiro atoms. The van der Waals surface area contributed by atoms with E-state index >= 15 is 0 Å². The van der Waals surface area contributed by atoms with Crippen LogP contribution in [0.2, 0.25) is 13.1 Å². The summed E-state index contributed by atoms with van der Waals surface area (Å²) in [6.45, 7) is 19.3. The van der Waals surface area contributed by atoms with Crippen molar-refractivity contribution in [2.75, 3.05) is 0 Å². The lowest BCUT2D eigenvalue weighted by molar-refractivity contribution is 0.750. The zero-order chi connectivity index (χ0) is 33.3. The van der Waals surface area contributed by atoms with Crippen molar-refractivity contribution in [3.05, 3.63) is 129 Å². The monoisotopic (exact) mass is 636 g/mol. The van der Waals surface area contributed by atoms with E-state index in [0.29, 0.717) is 22.9 Å². The second kappa shape index (κ2) is 14.0.